The lowest BCUT2D eigenvalue weighted by atomic mass is 10.2. The molecule has 0 radical (unpaired) electrons. The van der Waals surface area contributed by atoms with E-state index in [0.717, 1.165) is 22.5 Å². The number of benzene rings is 3. The van der Waals surface area contributed by atoms with E-state index in [4.69, 9.17) is 11.6 Å². The van der Waals surface area contributed by atoms with Gasteiger partial charge in [0.05, 0.1) is 4.90 Å². The molecule has 6 heteroatoms. The smallest absolute Gasteiger partial charge is 0.283 e. The van der Waals surface area contributed by atoms with Gasteiger partial charge in [-0.3, -0.25) is 4.90 Å². The van der Waals surface area contributed by atoms with Gasteiger partial charge in [-0.15, -0.1) is 4.40 Å². The second kappa shape index (κ2) is 8.17. The molecule has 0 saturated carbocycles. The number of hydrogen-bond acceptors (Lipinski definition) is 2. The Kier molecular flexibility index (Phi) is 5.87. The normalized spacial score (nSPS) is 12.1. The third kappa shape index (κ3) is 4.61. The zero-order valence-electron chi connectivity index (χ0n) is 15.9. The highest BCUT2D eigenvalue weighted by Crippen LogP contribution is 2.28. The highest BCUT2D eigenvalue weighted by molar-refractivity contribution is 7.90. The molecule has 0 heterocycles. The van der Waals surface area contributed by atoms with Gasteiger partial charge < -0.3 is 0 Å². The number of amidine groups is 1. The molecule has 3 aromatic carbocycles. The Hall–Kier alpha value is -2.63. The Bertz CT molecular complexity index is 1040. The first-order chi connectivity index (χ1) is 13.3. The van der Waals surface area contributed by atoms with Crippen LogP contribution < -0.4 is 4.90 Å². The van der Waals surface area contributed by atoms with Gasteiger partial charge >= 0.3 is 0 Å². The molecule has 0 atom stereocenters. The molecule has 0 amide bonds. The standard InChI is InChI=1S/C22H21ClN2O2S/c1-16-4-10-20(11-5-16)25(21-12-8-19(23)9-13-21)18(3)24-28(26,27)22-14-6-17(2)7-15-22/h4-15H,1-3H3/b24-18+. The second-order valence-corrected chi connectivity index (χ2v) is 8.61. The third-order valence-electron chi connectivity index (χ3n) is 4.27. The molecule has 0 saturated heterocycles. The Morgan fingerprint density at radius 2 is 1.21 bits per heavy atom. The molecule has 0 aliphatic heterocycles. The molecule has 3 aromatic rings. The minimum absolute atomic E-state index is 0.164. The monoisotopic (exact) mass is 412 g/mol. The van der Waals surface area contributed by atoms with E-state index in [1.165, 1.54) is 0 Å². The van der Waals surface area contributed by atoms with Crippen LogP contribution in [0.15, 0.2) is 82.1 Å². The van der Waals surface area contributed by atoms with Gasteiger partial charge in [0.25, 0.3) is 10.0 Å². The van der Waals surface area contributed by atoms with Crippen molar-refractivity contribution >= 4 is 38.8 Å². The molecule has 0 aromatic heterocycles. The van der Waals surface area contributed by atoms with Gasteiger partial charge in [0.1, 0.15) is 5.84 Å². The first kappa shape index (κ1) is 20.1. The van der Waals surface area contributed by atoms with E-state index in [-0.39, 0.29) is 4.90 Å². The molecule has 0 spiro atoms. The van der Waals surface area contributed by atoms with Gasteiger partial charge in [0, 0.05) is 16.4 Å². The van der Waals surface area contributed by atoms with Crippen LogP contribution in [0.1, 0.15) is 18.1 Å². The van der Waals surface area contributed by atoms with Crippen molar-refractivity contribution < 1.29 is 8.42 Å². The molecule has 28 heavy (non-hydrogen) atoms. The van der Waals surface area contributed by atoms with Crippen molar-refractivity contribution in [3.05, 3.63) is 88.9 Å². The third-order valence-corrected chi connectivity index (χ3v) is 5.90. The van der Waals surface area contributed by atoms with E-state index >= 15 is 0 Å². The van der Waals surface area contributed by atoms with E-state index in [9.17, 15) is 8.42 Å². The van der Waals surface area contributed by atoms with Gasteiger partial charge in [0.15, 0.2) is 0 Å². The Balaban J connectivity index is 2.08. The van der Waals surface area contributed by atoms with E-state index in [2.05, 4.69) is 4.40 Å². The fourth-order valence-electron chi connectivity index (χ4n) is 2.78. The van der Waals surface area contributed by atoms with E-state index in [0.29, 0.717) is 10.9 Å². The maximum absolute atomic E-state index is 12.8. The molecule has 0 fully saturated rings. The average molecular weight is 413 g/mol. The second-order valence-electron chi connectivity index (χ2n) is 6.57. The van der Waals surface area contributed by atoms with Crippen molar-refractivity contribution in [1.29, 1.82) is 0 Å². The summed E-state index contributed by atoms with van der Waals surface area (Å²) in [5, 5.41) is 0.606. The Morgan fingerprint density at radius 3 is 1.71 bits per heavy atom. The lowest BCUT2D eigenvalue weighted by Crippen LogP contribution is -2.24. The van der Waals surface area contributed by atoms with Gasteiger partial charge in [-0.2, -0.15) is 8.42 Å². The summed E-state index contributed by atoms with van der Waals surface area (Å²) in [6, 6.07) is 21.7. The summed E-state index contributed by atoms with van der Waals surface area (Å²) in [7, 11) is -3.83. The lowest BCUT2D eigenvalue weighted by Gasteiger charge is -2.24. The van der Waals surface area contributed by atoms with Crippen molar-refractivity contribution in [3.8, 4) is 0 Å². The zero-order valence-corrected chi connectivity index (χ0v) is 17.5. The number of sulfonamides is 1. The van der Waals surface area contributed by atoms with Crippen molar-refractivity contribution in [1.82, 2.24) is 0 Å². The minimum Gasteiger partial charge on any atom is -0.298 e. The summed E-state index contributed by atoms with van der Waals surface area (Å²) in [6.07, 6.45) is 0. The predicted octanol–water partition coefficient (Wildman–Crippen LogP) is 5.90. The molecule has 0 unspecified atom stereocenters. The first-order valence-corrected chi connectivity index (χ1v) is 10.6. The summed E-state index contributed by atoms with van der Waals surface area (Å²) in [5.41, 5.74) is 3.69. The van der Waals surface area contributed by atoms with Crippen LogP contribution in [0.3, 0.4) is 0 Å². The Labute approximate surface area is 171 Å². The van der Waals surface area contributed by atoms with Crippen molar-refractivity contribution in [2.45, 2.75) is 25.7 Å². The van der Waals surface area contributed by atoms with Crippen LogP contribution in [0.4, 0.5) is 11.4 Å². The summed E-state index contributed by atoms with van der Waals surface area (Å²) >= 11 is 6.02. The van der Waals surface area contributed by atoms with Crippen LogP contribution in [-0.2, 0) is 10.0 Å². The van der Waals surface area contributed by atoms with Gasteiger partial charge in [0.2, 0.25) is 0 Å². The Morgan fingerprint density at radius 1 is 0.786 bits per heavy atom. The largest absolute Gasteiger partial charge is 0.298 e. The number of anilines is 2. The van der Waals surface area contributed by atoms with Crippen molar-refractivity contribution in [2.75, 3.05) is 4.90 Å². The molecule has 0 bridgehead atoms. The fourth-order valence-corrected chi connectivity index (χ4v) is 3.93. The number of nitrogens with zero attached hydrogens (tertiary/aromatic N) is 2. The summed E-state index contributed by atoms with van der Waals surface area (Å²) < 4.78 is 29.7. The molecular formula is C22H21ClN2O2S. The minimum atomic E-state index is -3.83. The van der Waals surface area contributed by atoms with Crippen LogP contribution in [0.25, 0.3) is 0 Å². The molecule has 0 N–H and O–H groups in total. The maximum atomic E-state index is 12.8. The lowest BCUT2D eigenvalue weighted by molar-refractivity contribution is 0.598. The van der Waals surface area contributed by atoms with Crippen LogP contribution in [-0.4, -0.2) is 14.3 Å². The molecule has 4 nitrogen and oxygen atoms in total. The molecule has 0 aliphatic carbocycles. The summed E-state index contributed by atoms with van der Waals surface area (Å²) in [4.78, 5) is 1.96. The zero-order chi connectivity index (χ0) is 20.3. The van der Waals surface area contributed by atoms with Crippen LogP contribution >= 0.6 is 11.6 Å². The molecule has 144 valence electrons. The number of hydrogen-bond donors (Lipinski definition) is 0. The van der Waals surface area contributed by atoms with Gasteiger partial charge in [-0.05, 0) is 69.3 Å². The van der Waals surface area contributed by atoms with E-state index < -0.39 is 10.0 Å². The molecular weight excluding hydrogens is 392 g/mol. The first-order valence-electron chi connectivity index (χ1n) is 8.77. The predicted molar refractivity (Wildman–Crippen MR) is 116 cm³/mol. The average Bonchev–Trinajstić information content (AvgIpc) is 2.65. The summed E-state index contributed by atoms with van der Waals surface area (Å²) in [6.45, 7) is 5.59. The molecule has 3 rings (SSSR count). The number of halogens is 1. The van der Waals surface area contributed by atoms with E-state index in [1.807, 2.05) is 50.2 Å². The van der Waals surface area contributed by atoms with Crippen LogP contribution in [0, 0.1) is 13.8 Å². The maximum Gasteiger partial charge on any atom is 0.283 e. The van der Waals surface area contributed by atoms with Gasteiger partial charge in [-0.25, -0.2) is 0 Å². The van der Waals surface area contributed by atoms with Crippen LogP contribution in [0.2, 0.25) is 5.02 Å². The van der Waals surface area contributed by atoms with Crippen LogP contribution in [0.5, 0.6) is 0 Å². The topological polar surface area (TPSA) is 49.7 Å². The highest BCUT2D eigenvalue weighted by atomic mass is 35.5. The fraction of sp³-hybridized carbons (Fsp3) is 0.136. The SMILES string of the molecule is C/C(=N\S(=O)(=O)c1ccc(C)cc1)N(c1ccc(C)cc1)c1ccc(Cl)cc1. The quantitative estimate of drug-likeness (QED) is 0.395. The number of rotatable bonds is 4. The van der Waals surface area contributed by atoms with Gasteiger partial charge in [-0.1, -0.05) is 47.0 Å². The van der Waals surface area contributed by atoms with Crippen molar-refractivity contribution in [3.63, 3.8) is 0 Å². The number of aryl methyl sites for hydroxylation is 2. The molecule has 0 aliphatic rings. The van der Waals surface area contributed by atoms with Crippen molar-refractivity contribution in [2.24, 2.45) is 4.40 Å². The summed E-state index contributed by atoms with van der Waals surface area (Å²) in [5.74, 6) is 0.340. The van der Waals surface area contributed by atoms with E-state index in [1.54, 1.807) is 48.2 Å². The highest BCUT2D eigenvalue weighted by Gasteiger charge is 2.18.